The van der Waals surface area contributed by atoms with Gasteiger partial charge in [0.25, 0.3) is 11.9 Å². The van der Waals surface area contributed by atoms with Crippen molar-refractivity contribution in [1.29, 1.82) is 10.5 Å². The van der Waals surface area contributed by atoms with Crippen LogP contribution in [-0.4, -0.2) is 111 Å². The molecule has 0 saturated carbocycles. The zero-order chi connectivity index (χ0) is 69.8. The van der Waals surface area contributed by atoms with E-state index in [1.807, 2.05) is 62.3 Å². The maximum Gasteiger partial charge on any atom is 0.338 e. The number of hydrogen-bond donors (Lipinski definition) is 2. The van der Waals surface area contributed by atoms with E-state index in [1.54, 1.807) is 0 Å². The van der Waals surface area contributed by atoms with E-state index in [0.717, 1.165) is 57.8 Å². The first-order valence-electron chi connectivity index (χ1n) is 34.2. The van der Waals surface area contributed by atoms with E-state index in [-0.39, 0.29) is 130 Å². The molecule has 0 saturated heterocycles. The predicted molar refractivity (Wildman–Crippen MR) is 363 cm³/mol. The lowest BCUT2D eigenvalue weighted by molar-refractivity contribution is 0.0479. The minimum Gasteiger partial charge on any atom is -0.463 e. The number of nitrogens with two attached hydrogens (primary N) is 2. The molecular weight excluding hydrogens is 1240 g/mol. The SMILES string of the molecule is CCCCOC(=O)c1cc(C(=O)OCCCC)cc(-n2nc(CCCC)c(C#N)c2N=Nc2c(CCCC)nn(-c3nc(OCCCC)nc(-n4nc(CCCC)c(N=Nc5c(C#N)c(CCCC)nn5-c5cc(C(=O)OCCCC)cc(C(=O)OCCCC)c5)c4N)n3)c2N)c1. The van der Waals surface area contributed by atoms with Crippen LogP contribution in [0.5, 0.6) is 6.01 Å². The molecule has 2 aromatic carbocycles. The number of esters is 4. The summed E-state index contributed by atoms with van der Waals surface area (Å²) in [6.45, 7) is 18.9. The second-order valence-corrected chi connectivity index (χ2v) is 23.3. The van der Waals surface area contributed by atoms with Crippen LogP contribution in [0, 0.1) is 22.7 Å². The molecule has 0 fully saturated rings. The average Bonchev–Trinajstić information content (AvgIpc) is 1.66. The Morgan fingerprint density at radius 1 is 0.402 bits per heavy atom. The van der Waals surface area contributed by atoms with Gasteiger partial charge in [-0.05, 0) is 120 Å². The van der Waals surface area contributed by atoms with Gasteiger partial charge in [-0.25, -0.2) is 28.5 Å². The number of aryl methyl sites for hydroxylation is 4. The fraction of sp³-hybridized carbons (Fsp3) is 0.522. The number of nitrogen functional groups attached to an aromatic ring is 2. The van der Waals surface area contributed by atoms with Crippen molar-refractivity contribution in [2.45, 2.75) is 204 Å². The monoisotopic (exact) mass is 1330 g/mol. The number of rotatable bonds is 40. The van der Waals surface area contributed by atoms with Gasteiger partial charge in [-0.15, -0.1) is 20.5 Å². The molecule has 0 aliphatic carbocycles. The summed E-state index contributed by atoms with van der Waals surface area (Å²) in [5, 5.41) is 60.2. The van der Waals surface area contributed by atoms with Crippen LogP contribution in [0.25, 0.3) is 23.3 Å². The molecule has 28 nitrogen and oxygen atoms in total. The zero-order valence-corrected chi connectivity index (χ0v) is 57.5. The second-order valence-electron chi connectivity index (χ2n) is 23.3. The van der Waals surface area contributed by atoms with Crippen LogP contribution in [0.2, 0.25) is 0 Å². The van der Waals surface area contributed by atoms with Crippen LogP contribution in [0.3, 0.4) is 0 Å². The first kappa shape index (κ1) is 74.1. The molecule has 5 aromatic heterocycles. The quantitative estimate of drug-likeness (QED) is 0.0156. The molecule has 0 unspecified atom stereocenters. The molecular formula is C69H91N19O9. The molecule has 0 aliphatic rings. The lowest BCUT2D eigenvalue weighted by atomic mass is 10.1. The highest BCUT2D eigenvalue weighted by atomic mass is 16.5. The topological polar surface area (TPSA) is 373 Å². The highest BCUT2D eigenvalue weighted by Gasteiger charge is 2.29. The number of aromatic nitrogens is 11. The Morgan fingerprint density at radius 3 is 1.01 bits per heavy atom. The number of hydrogen-bond acceptors (Lipinski definition) is 24. The maximum atomic E-state index is 13.6. The minimum atomic E-state index is -0.659. The van der Waals surface area contributed by atoms with Gasteiger partial charge in [0.2, 0.25) is 0 Å². The van der Waals surface area contributed by atoms with Crippen molar-refractivity contribution < 1.29 is 42.9 Å². The van der Waals surface area contributed by atoms with Gasteiger partial charge >= 0.3 is 29.9 Å². The molecule has 0 bridgehead atoms. The van der Waals surface area contributed by atoms with Gasteiger partial charge in [0.05, 0.1) is 89.4 Å². The van der Waals surface area contributed by atoms with Crippen LogP contribution in [-0.2, 0) is 44.6 Å². The van der Waals surface area contributed by atoms with Crippen LogP contribution in [0.1, 0.15) is 253 Å². The van der Waals surface area contributed by atoms with Gasteiger partial charge in [-0.3, -0.25) is 0 Å². The average molecular weight is 1330 g/mol. The van der Waals surface area contributed by atoms with E-state index < -0.39 is 23.9 Å². The third-order valence-electron chi connectivity index (χ3n) is 15.5. The Labute approximate surface area is 566 Å². The number of ether oxygens (including phenoxy) is 5. The largest absolute Gasteiger partial charge is 0.463 e. The number of nitriles is 2. The summed E-state index contributed by atoms with van der Waals surface area (Å²) in [4.78, 5) is 68.7. The number of carbonyl (C=O) groups is 4. The Hall–Kier alpha value is -10.3. The number of unbranched alkanes of at least 4 members (excludes halogenated alkanes) is 9. The van der Waals surface area contributed by atoms with Crippen LogP contribution in [0.15, 0.2) is 56.9 Å². The Balaban J connectivity index is 1.39. The molecule has 0 atom stereocenters. The van der Waals surface area contributed by atoms with E-state index in [4.69, 9.17) is 91.0 Å². The zero-order valence-electron chi connectivity index (χ0n) is 57.5. The minimum absolute atomic E-state index is 0.00728. The summed E-state index contributed by atoms with van der Waals surface area (Å²) in [7, 11) is 0. The van der Waals surface area contributed by atoms with Crippen molar-refractivity contribution in [3.8, 4) is 41.4 Å². The van der Waals surface area contributed by atoms with Crippen molar-refractivity contribution in [2.24, 2.45) is 20.5 Å². The van der Waals surface area contributed by atoms with E-state index in [9.17, 15) is 29.7 Å². The lowest BCUT2D eigenvalue weighted by Crippen LogP contribution is -2.15. The summed E-state index contributed by atoms with van der Waals surface area (Å²) < 4.78 is 33.9. The summed E-state index contributed by atoms with van der Waals surface area (Å²) in [6.07, 6.45) is 14.5. The molecule has 0 spiro atoms. The summed E-state index contributed by atoms with van der Waals surface area (Å²) in [6, 6.07) is 13.3. The third kappa shape index (κ3) is 19.3. The van der Waals surface area contributed by atoms with Crippen molar-refractivity contribution in [3.63, 3.8) is 0 Å². The van der Waals surface area contributed by atoms with Gasteiger partial charge < -0.3 is 35.2 Å². The van der Waals surface area contributed by atoms with Crippen LogP contribution < -0.4 is 16.2 Å². The lowest BCUT2D eigenvalue weighted by Gasteiger charge is -2.11. The standard InChI is InChI=1S/C69H91N19O9/c1-10-19-28-53-51(43-70)61(85(81-53)49-39-45(63(89)93-32-23-14-5)37-46(40-49)64(90)94-33-24-15-6)79-77-57-55(30-21-12-3)83-87(59(57)72)67-74-68(76-69(75-67)97-36-27-18-9)88-60(73)58(56(84-88)31-22-13-4)78-80-62-52(44-71)54(29-20-11-2)82-86(62)50-41-47(65(91)95-34-25-16-7)38-48(42-50)66(92)96-35-26-17-8/h37-42H,10-36,72-73H2,1-9H3. The molecule has 0 aliphatic heterocycles. The second kappa shape index (κ2) is 37.7. The molecule has 0 radical (unpaired) electrons. The first-order chi connectivity index (χ1) is 47.1. The Kier molecular flexibility index (Phi) is 28.8. The number of benzene rings is 2. The molecule has 0 amide bonds. The fourth-order valence-corrected chi connectivity index (χ4v) is 9.81. The summed E-state index contributed by atoms with van der Waals surface area (Å²) >= 11 is 0. The smallest absolute Gasteiger partial charge is 0.338 e. The van der Waals surface area contributed by atoms with E-state index in [2.05, 4.69) is 12.1 Å². The first-order valence-corrected chi connectivity index (χ1v) is 34.2. The highest BCUT2D eigenvalue weighted by Crippen LogP contribution is 2.38. The van der Waals surface area contributed by atoms with E-state index in [1.165, 1.54) is 55.1 Å². The van der Waals surface area contributed by atoms with Crippen molar-refractivity contribution in [1.82, 2.24) is 54.1 Å². The highest BCUT2D eigenvalue weighted by molar-refractivity contribution is 5.97. The van der Waals surface area contributed by atoms with E-state index in [0.29, 0.717) is 106 Å². The van der Waals surface area contributed by atoms with Gasteiger partial charge in [0.15, 0.2) is 34.6 Å². The predicted octanol–water partition coefficient (Wildman–Crippen LogP) is 14.7. The number of nitrogens with zero attached hydrogens (tertiary/aromatic N) is 17. The van der Waals surface area contributed by atoms with Gasteiger partial charge in [0.1, 0.15) is 23.3 Å². The maximum absolute atomic E-state index is 13.6. The molecule has 7 rings (SSSR count). The Morgan fingerprint density at radius 2 is 0.701 bits per heavy atom. The van der Waals surface area contributed by atoms with E-state index >= 15 is 0 Å². The van der Waals surface area contributed by atoms with Crippen molar-refractivity contribution in [3.05, 3.63) is 92.6 Å². The normalized spacial score (nSPS) is 11.4. The van der Waals surface area contributed by atoms with Gasteiger partial charge in [0, 0.05) is 0 Å². The molecule has 7 aromatic rings. The third-order valence-corrected chi connectivity index (χ3v) is 15.5. The molecule has 4 N–H and O–H groups in total. The molecule has 5 heterocycles. The summed E-state index contributed by atoms with van der Waals surface area (Å²) in [5.41, 5.74) is 17.0. The molecule has 97 heavy (non-hydrogen) atoms. The fourth-order valence-electron chi connectivity index (χ4n) is 9.81. The van der Waals surface area contributed by atoms with Gasteiger partial charge in [-0.2, -0.15) is 55.2 Å². The number of azo groups is 2. The molecule has 516 valence electrons. The van der Waals surface area contributed by atoms with Crippen LogP contribution >= 0.6 is 0 Å². The molecule has 28 heteroatoms. The van der Waals surface area contributed by atoms with Crippen molar-refractivity contribution >= 4 is 58.5 Å². The van der Waals surface area contributed by atoms with Gasteiger partial charge in [-0.1, -0.05) is 120 Å². The van der Waals surface area contributed by atoms with Crippen LogP contribution in [0.4, 0.5) is 34.6 Å². The number of anilines is 2. The Bertz CT molecular complexity index is 3650. The van der Waals surface area contributed by atoms with Crippen molar-refractivity contribution in [2.75, 3.05) is 44.5 Å². The number of carbonyl (C=O) groups excluding carboxylic acids is 4. The summed E-state index contributed by atoms with van der Waals surface area (Å²) in [5.74, 6) is -2.98.